The van der Waals surface area contributed by atoms with Gasteiger partial charge in [0.15, 0.2) is 0 Å². The zero-order valence-electron chi connectivity index (χ0n) is 11.2. The molecule has 0 spiro atoms. The van der Waals surface area contributed by atoms with Gasteiger partial charge in [0.25, 0.3) is 0 Å². The lowest BCUT2D eigenvalue weighted by atomic mass is 10.0. The number of hydrogen-bond donors (Lipinski definition) is 1. The lowest BCUT2D eigenvalue weighted by Gasteiger charge is -2.08. The van der Waals surface area contributed by atoms with Crippen LogP contribution in [0.3, 0.4) is 0 Å². The number of fused-ring (bicyclic) bond motifs is 1. The second kappa shape index (κ2) is 4.79. The first-order chi connectivity index (χ1) is 9.20. The van der Waals surface area contributed by atoms with E-state index < -0.39 is 0 Å². The first kappa shape index (κ1) is 12.4. The van der Waals surface area contributed by atoms with Crippen molar-refractivity contribution in [3.8, 4) is 11.3 Å². The molecule has 0 atom stereocenters. The minimum absolute atomic E-state index is 0.626. The van der Waals surface area contributed by atoms with Gasteiger partial charge >= 0.3 is 0 Å². The van der Waals surface area contributed by atoms with Gasteiger partial charge in [-0.3, -0.25) is 4.40 Å². The standard InChI is InChI=1S/C15H17N3S/c1-10-3-4-11(2)12(7-10)13-9-19-15-8-17-14(5-6-16)18(13)15/h3-4,7-9H,5-6,16H2,1-2H3. The first-order valence-corrected chi connectivity index (χ1v) is 7.30. The van der Waals surface area contributed by atoms with Gasteiger partial charge in [0.2, 0.25) is 0 Å². The second-order valence-corrected chi connectivity index (χ2v) is 5.72. The lowest BCUT2D eigenvalue weighted by molar-refractivity contribution is 0.868. The summed E-state index contributed by atoms with van der Waals surface area (Å²) in [6, 6.07) is 6.56. The van der Waals surface area contributed by atoms with Gasteiger partial charge in [0.1, 0.15) is 10.7 Å². The quantitative estimate of drug-likeness (QED) is 0.795. The first-order valence-electron chi connectivity index (χ1n) is 6.42. The van der Waals surface area contributed by atoms with Gasteiger partial charge in [-0.15, -0.1) is 11.3 Å². The van der Waals surface area contributed by atoms with Crippen LogP contribution in [0, 0.1) is 13.8 Å². The van der Waals surface area contributed by atoms with E-state index in [1.165, 1.54) is 27.2 Å². The molecule has 1 aromatic carbocycles. The highest BCUT2D eigenvalue weighted by Crippen LogP contribution is 2.30. The Hall–Kier alpha value is -1.65. The van der Waals surface area contributed by atoms with Crippen molar-refractivity contribution in [3.63, 3.8) is 0 Å². The Bertz CT molecular complexity index is 724. The van der Waals surface area contributed by atoms with Crippen LogP contribution in [0.25, 0.3) is 16.1 Å². The maximum absolute atomic E-state index is 5.67. The molecule has 4 heteroatoms. The number of imidazole rings is 1. The SMILES string of the molecule is Cc1ccc(C)c(-c2csc3cnc(CCN)n23)c1. The van der Waals surface area contributed by atoms with Gasteiger partial charge in [-0.25, -0.2) is 4.98 Å². The van der Waals surface area contributed by atoms with E-state index in [1.807, 2.05) is 6.20 Å². The van der Waals surface area contributed by atoms with Crippen molar-refractivity contribution < 1.29 is 0 Å². The molecule has 0 aliphatic carbocycles. The minimum Gasteiger partial charge on any atom is -0.330 e. The summed E-state index contributed by atoms with van der Waals surface area (Å²) < 4.78 is 2.24. The highest BCUT2D eigenvalue weighted by molar-refractivity contribution is 7.15. The molecule has 3 nitrogen and oxygen atoms in total. The zero-order valence-corrected chi connectivity index (χ0v) is 12.0. The van der Waals surface area contributed by atoms with Gasteiger partial charge in [-0.05, 0) is 32.0 Å². The van der Waals surface area contributed by atoms with Gasteiger partial charge in [-0.1, -0.05) is 17.7 Å². The molecule has 2 aromatic heterocycles. The van der Waals surface area contributed by atoms with Crippen molar-refractivity contribution in [2.45, 2.75) is 20.3 Å². The Morgan fingerprint density at radius 2 is 2.16 bits per heavy atom. The Labute approximate surface area is 116 Å². The Balaban J connectivity index is 2.24. The molecular weight excluding hydrogens is 254 g/mol. The number of aryl methyl sites for hydroxylation is 2. The van der Waals surface area contributed by atoms with Crippen molar-refractivity contribution in [1.82, 2.24) is 9.38 Å². The molecule has 0 fully saturated rings. The highest BCUT2D eigenvalue weighted by atomic mass is 32.1. The average Bonchev–Trinajstić information content (AvgIpc) is 2.96. The van der Waals surface area contributed by atoms with Crippen LogP contribution in [-0.4, -0.2) is 15.9 Å². The predicted octanol–water partition coefficient (Wildman–Crippen LogP) is 3.18. The van der Waals surface area contributed by atoms with Gasteiger partial charge in [0, 0.05) is 17.4 Å². The summed E-state index contributed by atoms with van der Waals surface area (Å²) in [7, 11) is 0. The van der Waals surface area contributed by atoms with E-state index >= 15 is 0 Å². The third-order valence-corrected chi connectivity index (χ3v) is 4.24. The third kappa shape index (κ3) is 2.07. The van der Waals surface area contributed by atoms with Crippen LogP contribution in [0.5, 0.6) is 0 Å². The van der Waals surface area contributed by atoms with E-state index in [1.54, 1.807) is 11.3 Å². The van der Waals surface area contributed by atoms with Crippen molar-refractivity contribution >= 4 is 16.2 Å². The van der Waals surface area contributed by atoms with Gasteiger partial charge in [-0.2, -0.15) is 0 Å². The third-order valence-electron chi connectivity index (χ3n) is 3.37. The monoisotopic (exact) mass is 271 g/mol. The van der Waals surface area contributed by atoms with E-state index in [-0.39, 0.29) is 0 Å². The number of rotatable bonds is 3. The van der Waals surface area contributed by atoms with Crippen molar-refractivity contribution in [2.75, 3.05) is 6.54 Å². The molecule has 0 aliphatic heterocycles. The Kier molecular flexibility index (Phi) is 3.12. The highest BCUT2D eigenvalue weighted by Gasteiger charge is 2.13. The number of hydrogen-bond acceptors (Lipinski definition) is 3. The Morgan fingerprint density at radius 3 is 2.95 bits per heavy atom. The molecule has 3 rings (SSSR count). The zero-order chi connectivity index (χ0) is 13.4. The second-order valence-electron chi connectivity index (χ2n) is 4.83. The Morgan fingerprint density at radius 1 is 1.32 bits per heavy atom. The fourth-order valence-electron chi connectivity index (χ4n) is 2.38. The molecule has 0 unspecified atom stereocenters. The van der Waals surface area contributed by atoms with Crippen LogP contribution in [-0.2, 0) is 6.42 Å². The fraction of sp³-hybridized carbons (Fsp3) is 0.267. The summed E-state index contributed by atoms with van der Waals surface area (Å²) in [6.45, 7) is 4.90. The predicted molar refractivity (Wildman–Crippen MR) is 80.7 cm³/mol. The molecule has 2 heterocycles. The molecule has 2 N–H and O–H groups in total. The van der Waals surface area contributed by atoms with Gasteiger partial charge in [0.05, 0.1) is 11.9 Å². The van der Waals surface area contributed by atoms with Crippen LogP contribution in [0.4, 0.5) is 0 Å². The van der Waals surface area contributed by atoms with Crippen LogP contribution < -0.4 is 5.73 Å². The molecule has 0 amide bonds. The van der Waals surface area contributed by atoms with Crippen molar-refractivity contribution in [3.05, 3.63) is 46.7 Å². The van der Waals surface area contributed by atoms with Gasteiger partial charge < -0.3 is 5.73 Å². The smallest absolute Gasteiger partial charge is 0.120 e. The fourth-order valence-corrected chi connectivity index (χ4v) is 3.27. The maximum atomic E-state index is 5.67. The number of aromatic nitrogens is 2. The van der Waals surface area contributed by atoms with Crippen molar-refractivity contribution in [2.24, 2.45) is 5.73 Å². The molecule has 0 bridgehead atoms. The van der Waals surface area contributed by atoms with E-state index in [4.69, 9.17) is 5.73 Å². The molecule has 0 saturated carbocycles. The average molecular weight is 271 g/mol. The number of nitrogens with zero attached hydrogens (tertiary/aromatic N) is 2. The molecule has 0 saturated heterocycles. The minimum atomic E-state index is 0.626. The molecule has 19 heavy (non-hydrogen) atoms. The summed E-state index contributed by atoms with van der Waals surface area (Å²) in [6.07, 6.45) is 2.74. The summed E-state index contributed by atoms with van der Waals surface area (Å²) >= 11 is 1.73. The molecule has 0 aliphatic rings. The van der Waals surface area contributed by atoms with Crippen LogP contribution in [0.15, 0.2) is 29.8 Å². The van der Waals surface area contributed by atoms with Crippen LogP contribution in [0.1, 0.15) is 17.0 Å². The normalized spacial score (nSPS) is 11.3. The van der Waals surface area contributed by atoms with E-state index in [0.717, 1.165) is 12.2 Å². The largest absolute Gasteiger partial charge is 0.330 e. The number of nitrogens with two attached hydrogens (primary N) is 1. The lowest BCUT2D eigenvalue weighted by Crippen LogP contribution is -2.06. The summed E-state index contributed by atoms with van der Waals surface area (Å²) in [5.41, 5.74) is 10.7. The summed E-state index contributed by atoms with van der Waals surface area (Å²) in [4.78, 5) is 5.66. The van der Waals surface area contributed by atoms with Crippen molar-refractivity contribution in [1.29, 1.82) is 0 Å². The number of thiazole rings is 1. The summed E-state index contributed by atoms with van der Waals surface area (Å²) in [5.74, 6) is 1.05. The van der Waals surface area contributed by atoms with Crippen LogP contribution >= 0.6 is 11.3 Å². The molecule has 3 aromatic rings. The summed E-state index contributed by atoms with van der Waals surface area (Å²) in [5, 5.41) is 2.21. The van der Waals surface area contributed by atoms with E-state index in [0.29, 0.717) is 6.54 Å². The topological polar surface area (TPSA) is 43.3 Å². The van der Waals surface area contributed by atoms with E-state index in [2.05, 4.69) is 46.8 Å². The maximum Gasteiger partial charge on any atom is 0.120 e. The number of benzene rings is 1. The van der Waals surface area contributed by atoms with Crippen LogP contribution in [0.2, 0.25) is 0 Å². The molecular formula is C15H17N3S. The molecule has 0 radical (unpaired) electrons. The molecule has 98 valence electrons. The van der Waals surface area contributed by atoms with E-state index in [9.17, 15) is 0 Å².